The number of hydrogen-bond donors (Lipinski definition) is 0. The van der Waals surface area contributed by atoms with Gasteiger partial charge in [-0.25, -0.2) is 4.21 Å². The Bertz CT molecular complexity index is 1150. The second-order valence-corrected chi connectivity index (χ2v) is 8.43. The lowest BCUT2D eigenvalue weighted by Crippen LogP contribution is -2.04. The van der Waals surface area contributed by atoms with Crippen LogP contribution in [-0.4, -0.2) is 21.4 Å². The molecule has 6 heteroatoms. The van der Waals surface area contributed by atoms with Crippen molar-refractivity contribution in [3.8, 4) is 11.8 Å². The van der Waals surface area contributed by atoms with Crippen molar-refractivity contribution in [3.63, 3.8) is 0 Å². The summed E-state index contributed by atoms with van der Waals surface area (Å²) in [6, 6.07) is 17.5. The summed E-state index contributed by atoms with van der Waals surface area (Å²) >= 11 is 5.84. The molecule has 0 aliphatic carbocycles. The van der Waals surface area contributed by atoms with Crippen molar-refractivity contribution in [2.24, 2.45) is 4.36 Å². The number of aromatic nitrogens is 1. The topological polar surface area (TPSA) is 59.4 Å². The molecule has 1 amide bonds. The first-order valence-corrected chi connectivity index (χ1v) is 10.3. The summed E-state index contributed by atoms with van der Waals surface area (Å²) in [5.41, 5.74) is 1.67. The number of pyridine rings is 1. The molecule has 1 heterocycles. The molecule has 0 fully saturated rings. The molecule has 0 radical (unpaired) electrons. The standard InChI is InChI=1S/C21H15ClN2O2S/c1-27(26,20-11-9-19(22)10-12-20)24-21(25)18-13-17(14-23-15-18)8-7-16-5-3-2-4-6-16/h2-6,9-15H,1H3. The van der Waals surface area contributed by atoms with E-state index < -0.39 is 15.6 Å². The second-order valence-electron chi connectivity index (χ2n) is 5.73. The maximum Gasteiger partial charge on any atom is 0.286 e. The third-order valence-electron chi connectivity index (χ3n) is 3.62. The van der Waals surface area contributed by atoms with Gasteiger partial charge in [0.05, 0.1) is 15.3 Å². The molecule has 4 nitrogen and oxygen atoms in total. The van der Waals surface area contributed by atoms with E-state index >= 15 is 0 Å². The fourth-order valence-corrected chi connectivity index (χ4v) is 3.54. The van der Waals surface area contributed by atoms with E-state index in [9.17, 15) is 9.00 Å². The van der Waals surface area contributed by atoms with Crippen molar-refractivity contribution in [2.75, 3.05) is 6.26 Å². The van der Waals surface area contributed by atoms with Gasteiger partial charge in [0.15, 0.2) is 0 Å². The number of hydrogen-bond acceptors (Lipinski definition) is 3. The molecule has 3 aromatic rings. The summed E-state index contributed by atoms with van der Waals surface area (Å²) in [6.45, 7) is 0. The van der Waals surface area contributed by atoms with E-state index in [-0.39, 0.29) is 5.56 Å². The van der Waals surface area contributed by atoms with Crippen molar-refractivity contribution in [1.29, 1.82) is 0 Å². The Balaban J connectivity index is 1.88. The molecule has 0 bridgehead atoms. The minimum Gasteiger partial charge on any atom is -0.266 e. The smallest absolute Gasteiger partial charge is 0.266 e. The van der Waals surface area contributed by atoms with Crippen molar-refractivity contribution in [1.82, 2.24) is 4.98 Å². The Hall–Kier alpha value is -2.94. The van der Waals surface area contributed by atoms with Gasteiger partial charge in [-0.2, -0.15) is 4.36 Å². The van der Waals surface area contributed by atoms with Gasteiger partial charge in [0.2, 0.25) is 0 Å². The van der Waals surface area contributed by atoms with Gasteiger partial charge in [0.25, 0.3) is 5.91 Å². The normalized spacial score (nSPS) is 12.4. The number of carbonyl (C=O) groups is 1. The predicted molar refractivity (Wildman–Crippen MR) is 107 cm³/mol. The van der Waals surface area contributed by atoms with Gasteiger partial charge in [0, 0.05) is 39.7 Å². The molecule has 0 spiro atoms. The molecule has 1 atom stereocenters. The van der Waals surface area contributed by atoms with Gasteiger partial charge in [-0.3, -0.25) is 9.78 Å². The molecule has 0 saturated carbocycles. The number of carbonyl (C=O) groups excluding carboxylic acids is 1. The maximum absolute atomic E-state index is 12.8. The lowest BCUT2D eigenvalue weighted by atomic mass is 10.2. The molecular formula is C21H15ClN2O2S. The molecule has 134 valence electrons. The number of halogens is 1. The molecule has 0 aliphatic heterocycles. The van der Waals surface area contributed by atoms with Crippen LogP contribution in [0.3, 0.4) is 0 Å². The summed E-state index contributed by atoms with van der Waals surface area (Å²) in [5.74, 6) is 5.37. The van der Waals surface area contributed by atoms with Gasteiger partial charge < -0.3 is 0 Å². The fourth-order valence-electron chi connectivity index (χ4n) is 2.24. The first-order chi connectivity index (χ1) is 12.9. The average molecular weight is 395 g/mol. The quantitative estimate of drug-likeness (QED) is 0.604. The summed E-state index contributed by atoms with van der Waals surface area (Å²) in [4.78, 5) is 16.9. The lowest BCUT2D eigenvalue weighted by molar-refractivity contribution is 0.100. The SMILES string of the molecule is CS(=O)(=NC(=O)c1cncc(C#Cc2ccccc2)c1)c1ccc(Cl)cc1. The predicted octanol–water partition coefficient (Wildman–Crippen LogP) is 4.43. The van der Waals surface area contributed by atoms with Crippen molar-refractivity contribution in [3.05, 3.63) is 94.8 Å². The van der Waals surface area contributed by atoms with E-state index in [1.165, 1.54) is 12.5 Å². The van der Waals surface area contributed by atoms with E-state index in [1.807, 2.05) is 30.3 Å². The summed E-state index contributed by atoms with van der Waals surface area (Å²) in [5, 5.41) is 0.522. The fraction of sp³-hybridized carbons (Fsp3) is 0.0476. The van der Waals surface area contributed by atoms with Crippen LogP contribution in [0.25, 0.3) is 0 Å². The van der Waals surface area contributed by atoms with Gasteiger partial charge in [-0.05, 0) is 42.5 Å². The van der Waals surface area contributed by atoms with E-state index in [1.54, 1.807) is 36.5 Å². The van der Waals surface area contributed by atoms with Crippen LogP contribution in [0.15, 0.2) is 82.3 Å². The summed E-state index contributed by atoms with van der Waals surface area (Å²) in [7, 11) is -2.89. The first kappa shape index (κ1) is 18.8. The highest BCUT2D eigenvalue weighted by molar-refractivity contribution is 7.93. The second kappa shape index (κ2) is 8.17. The number of nitrogens with zero attached hydrogens (tertiary/aromatic N) is 2. The highest BCUT2D eigenvalue weighted by Crippen LogP contribution is 2.17. The third-order valence-corrected chi connectivity index (χ3v) is 5.53. The largest absolute Gasteiger partial charge is 0.286 e. The highest BCUT2D eigenvalue weighted by atomic mass is 35.5. The monoisotopic (exact) mass is 394 g/mol. The van der Waals surface area contributed by atoms with Crippen LogP contribution in [0.1, 0.15) is 21.5 Å². The molecule has 1 aromatic heterocycles. The van der Waals surface area contributed by atoms with Crippen LogP contribution in [0.4, 0.5) is 0 Å². The van der Waals surface area contributed by atoms with E-state index in [2.05, 4.69) is 21.2 Å². The maximum atomic E-state index is 12.8. The van der Waals surface area contributed by atoms with Gasteiger partial charge in [-0.1, -0.05) is 41.6 Å². The zero-order valence-electron chi connectivity index (χ0n) is 14.4. The molecule has 27 heavy (non-hydrogen) atoms. The van der Waals surface area contributed by atoms with Crippen LogP contribution in [0, 0.1) is 11.8 Å². The molecule has 1 unspecified atom stereocenters. The zero-order chi connectivity index (χ0) is 19.3. The van der Waals surface area contributed by atoms with E-state index in [0.29, 0.717) is 15.5 Å². The van der Waals surface area contributed by atoms with Crippen molar-refractivity contribution < 1.29 is 9.00 Å². The molecule has 0 aliphatic rings. The van der Waals surface area contributed by atoms with E-state index in [4.69, 9.17) is 11.6 Å². The average Bonchev–Trinajstić information content (AvgIpc) is 2.67. The highest BCUT2D eigenvalue weighted by Gasteiger charge is 2.12. The molecule has 0 N–H and O–H groups in total. The lowest BCUT2D eigenvalue weighted by Gasteiger charge is -2.04. The Morgan fingerprint density at radius 3 is 2.37 bits per heavy atom. The van der Waals surface area contributed by atoms with Crippen LogP contribution in [0.2, 0.25) is 5.02 Å². The summed E-state index contributed by atoms with van der Waals surface area (Å²) < 4.78 is 16.7. The molecular weight excluding hydrogens is 380 g/mol. The number of amides is 1. The van der Waals surface area contributed by atoms with Crippen LogP contribution in [-0.2, 0) is 9.73 Å². The Labute approximate surface area is 163 Å². The Morgan fingerprint density at radius 2 is 1.67 bits per heavy atom. The van der Waals surface area contributed by atoms with Gasteiger partial charge in [-0.15, -0.1) is 0 Å². The molecule has 0 saturated heterocycles. The van der Waals surface area contributed by atoms with Crippen molar-refractivity contribution in [2.45, 2.75) is 4.90 Å². The van der Waals surface area contributed by atoms with Crippen LogP contribution >= 0.6 is 11.6 Å². The van der Waals surface area contributed by atoms with Gasteiger partial charge in [0.1, 0.15) is 0 Å². The molecule has 2 aromatic carbocycles. The van der Waals surface area contributed by atoms with E-state index in [0.717, 1.165) is 5.56 Å². The minimum absolute atomic E-state index is 0.235. The number of benzene rings is 2. The first-order valence-electron chi connectivity index (χ1n) is 7.98. The van der Waals surface area contributed by atoms with Crippen molar-refractivity contribution >= 4 is 27.2 Å². The zero-order valence-corrected chi connectivity index (χ0v) is 16.0. The van der Waals surface area contributed by atoms with Crippen LogP contribution < -0.4 is 0 Å². The Morgan fingerprint density at radius 1 is 1.00 bits per heavy atom. The number of rotatable bonds is 2. The van der Waals surface area contributed by atoms with Crippen LogP contribution in [0.5, 0.6) is 0 Å². The minimum atomic E-state index is -2.89. The molecule has 3 rings (SSSR count). The summed E-state index contributed by atoms with van der Waals surface area (Å²) in [6.07, 6.45) is 4.37. The Kier molecular flexibility index (Phi) is 5.70. The van der Waals surface area contributed by atoms with Gasteiger partial charge >= 0.3 is 0 Å². The third kappa shape index (κ3) is 5.04.